The molecular weight excluding hydrogens is 192 g/mol. The smallest absolute Gasteiger partial charge is 0.0353 e. The monoisotopic (exact) mass is 224 g/mol. The first-order valence-corrected chi connectivity index (χ1v) is 7.46. The lowest BCUT2D eigenvalue weighted by atomic mass is 9.91. The van der Waals surface area contributed by atoms with Crippen molar-refractivity contribution >= 4 is 0 Å². The van der Waals surface area contributed by atoms with Crippen molar-refractivity contribution in [3.8, 4) is 0 Å². The van der Waals surface area contributed by atoms with Gasteiger partial charge in [-0.3, -0.25) is 0 Å². The average Bonchev–Trinajstić information content (AvgIpc) is 2.29. The Bertz CT molecular complexity index is 137. The molecule has 0 fully saturated rings. The molecule has 0 saturated carbocycles. The Kier molecular flexibility index (Phi) is 12.6. The minimum atomic E-state index is 0.992. The highest BCUT2D eigenvalue weighted by molar-refractivity contribution is 4.68. The molecule has 0 amide bonds. The molecule has 0 aliphatic rings. The van der Waals surface area contributed by atoms with Gasteiger partial charge in [0.1, 0.15) is 0 Å². The number of hydrogen-bond acceptors (Lipinski definition) is 0. The molecule has 0 aromatic heterocycles. The van der Waals surface area contributed by atoms with Gasteiger partial charge in [0.05, 0.1) is 0 Å². The fraction of sp³-hybridized carbons (Fsp3) is 0.875. The molecule has 96 valence electrons. The second kappa shape index (κ2) is 12.8. The Balaban J connectivity index is 3.46. The van der Waals surface area contributed by atoms with E-state index in [1.807, 2.05) is 0 Å². The van der Waals surface area contributed by atoms with Crippen molar-refractivity contribution < 1.29 is 0 Å². The van der Waals surface area contributed by atoms with Crippen LogP contribution in [-0.2, 0) is 0 Å². The molecule has 0 saturated heterocycles. The number of allylic oxidation sites excluding steroid dienone is 1. The number of rotatable bonds is 12. The summed E-state index contributed by atoms with van der Waals surface area (Å²) in [4.78, 5) is 0. The molecule has 0 aromatic carbocycles. The summed E-state index contributed by atoms with van der Waals surface area (Å²) >= 11 is 0. The second-order valence-corrected chi connectivity index (χ2v) is 5.08. The van der Waals surface area contributed by atoms with Crippen LogP contribution in [-0.4, -0.2) is 0 Å². The standard InChI is InChI=1S/C16H32/c1-4-7-9-10-12-15-16(13-6-3)14-11-8-5-2/h5,16H,2,4,6-15H2,1,3H3. The van der Waals surface area contributed by atoms with Gasteiger partial charge in [0.25, 0.3) is 0 Å². The Morgan fingerprint density at radius 3 is 2.12 bits per heavy atom. The summed E-state index contributed by atoms with van der Waals surface area (Å²) < 4.78 is 0. The molecule has 0 spiro atoms. The van der Waals surface area contributed by atoms with Crippen molar-refractivity contribution in [3.63, 3.8) is 0 Å². The van der Waals surface area contributed by atoms with Crippen LogP contribution < -0.4 is 0 Å². The summed E-state index contributed by atoms with van der Waals surface area (Å²) in [5.41, 5.74) is 0. The third-order valence-electron chi connectivity index (χ3n) is 3.43. The van der Waals surface area contributed by atoms with Gasteiger partial charge in [-0.1, -0.05) is 77.7 Å². The lowest BCUT2D eigenvalue weighted by Gasteiger charge is -2.15. The maximum Gasteiger partial charge on any atom is -0.0353 e. The fourth-order valence-corrected chi connectivity index (χ4v) is 2.43. The fourth-order valence-electron chi connectivity index (χ4n) is 2.43. The SMILES string of the molecule is C=CCCCC(CCC)CCCCCCC. The van der Waals surface area contributed by atoms with E-state index in [1.54, 1.807) is 0 Å². The Morgan fingerprint density at radius 1 is 0.812 bits per heavy atom. The van der Waals surface area contributed by atoms with Crippen molar-refractivity contribution in [2.75, 3.05) is 0 Å². The number of unbranched alkanes of at least 4 members (excludes halogenated alkanes) is 5. The van der Waals surface area contributed by atoms with Crippen LogP contribution in [0.15, 0.2) is 12.7 Å². The van der Waals surface area contributed by atoms with Crippen LogP contribution in [0.5, 0.6) is 0 Å². The second-order valence-electron chi connectivity index (χ2n) is 5.08. The summed E-state index contributed by atoms with van der Waals surface area (Å²) in [5.74, 6) is 0.992. The highest BCUT2D eigenvalue weighted by atomic mass is 14.1. The van der Waals surface area contributed by atoms with Crippen molar-refractivity contribution in [1.82, 2.24) is 0 Å². The van der Waals surface area contributed by atoms with Gasteiger partial charge in [0.2, 0.25) is 0 Å². The maximum absolute atomic E-state index is 3.80. The molecule has 0 rings (SSSR count). The predicted octanol–water partition coefficient (Wildman–Crippen LogP) is 6.12. The quantitative estimate of drug-likeness (QED) is 0.277. The minimum absolute atomic E-state index is 0.992. The highest BCUT2D eigenvalue weighted by Crippen LogP contribution is 2.22. The third kappa shape index (κ3) is 10.3. The zero-order valence-electron chi connectivity index (χ0n) is 11.6. The van der Waals surface area contributed by atoms with Crippen LogP contribution in [0.2, 0.25) is 0 Å². The van der Waals surface area contributed by atoms with E-state index in [4.69, 9.17) is 0 Å². The Morgan fingerprint density at radius 2 is 1.50 bits per heavy atom. The van der Waals surface area contributed by atoms with E-state index in [-0.39, 0.29) is 0 Å². The van der Waals surface area contributed by atoms with E-state index in [2.05, 4.69) is 26.5 Å². The zero-order chi connectivity index (χ0) is 12.1. The maximum atomic E-state index is 3.80. The molecule has 16 heavy (non-hydrogen) atoms. The lowest BCUT2D eigenvalue weighted by Crippen LogP contribution is -2.00. The first-order valence-electron chi connectivity index (χ1n) is 7.46. The molecule has 0 heteroatoms. The summed E-state index contributed by atoms with van der Waals surface area (Å²) in [5, 5.41) is 0. The summed E-state index contributed by atoms with van der Waals surface area (Å²) in [6.45, 7) is 8.40. The normalized spacial score (nSPS) is 12.6. The van der Waals surface area contributed by atoms with E-state index < -0.39 is 0 Å². The van der Waals surface area contributed by atoms with Gasteiger partial charge < -0.3 is 0 Å². The molecular formula is C16H32. The molecule has 0 aromatic rings. The van der Waals surface area contributed by atoms with Crippen LogP contribution >= 0.6 is 0 Å². The molecule has 0 aliphatic heterocycles. The average molecular weight is 224 g/mol. The van der Waals surface area contributed by atoms with Crippen LogP contribution in [0.1, 0.15) is 84.5 Å². The van der Waals surface area contributed by atoms with Gasteiger partial charge in [0, 0.05) is 0 Å². The summed E-state index contributed by atoms with van der Waals surface area (Å²) in [6.07, 6.45) is 17.4. The Hall–Kier alpha value is -0.260. The zero-order valence-corrected chi connectivity index (χ0v) is 11.6. The molecule has 0 heterocycles. The van der Waals surface area contributed by atoms with E-state index in [9.17, 15) is 0 Å². The van der Waals surface area contributed by atoms with Crippen LogP contribution in [0.4, 0.5) is 0 Å². The predicted molar refractivity (Wildman–Crippen MR) is 75.8 cm³/mol. The minimum Gasteiger partial charge on any atom is -0.103 e. The van der Waals surface area contributed by atoms with E-state index in [0.717, 1.165) is 5.92 Å². The van der Waals surface area contributed by atoms with Crippen molar-refractivity contribution in [2.24, 2.45) is 5.92 Å². The molecule has 0 nitrogen and oxygen atoms in total. The molecule has 1 unspecified atom stereocenters. The first-order chi connectivity index (χ1) is 7.85. The van der Waals surface area contributed by atoms with Crippen LogP contribution in [0, 0.1) is 5.92 Å². The van der Waals surface area contributed by atoms with Gasteiger partial charge >= 0.3 is 0 Å². The van der Waals surface area contributed by atoms with Crippen LogP contribution in [0.25, 0.3) is 0 Å². The van der Waals surface area contributed by atoms with Gasteiger partial charge in [-0.2, -0.15) is 0 Å². The van der Waals surface area contributed by atoms with E-state index in [1.165, 1.54) is 70.6 Å². The van der Waals surface area contributed by atoms with Crippen molar-refractivity contribution in [1.29, 1.82) is 0 Å². The summed E-state index contributed by atoms with van der Waals surface area (Å²) in [6, 6.07) is 0. The first kappa shape index (κ1) is 15.7. The third-order valence-corrected chi connectivity index (χ3v) is 3.43. The largest absolute Gasteiger partial charge is 0.103 e. The van der Waals surface area contributed by atoms with Crippen LogP contribution in [0.3, 0.4) is 0 Å². The highest BCUT2D eigenvalue weighted by Gasteiger charge is 2.06. The van der Waals surface area contributed by atoms with Gasteiger partial charge in [0.15, 0.2) is 0 Å². The Labute approximate surface area is 104 Å². The van der Waals surface area contributed by atoms with E-state index >= 15 is 0 Å². The molecule has 0 radical (unpaired) electrons. The molecule has 0 N–H and O–H groups in total. The van der Waals surface area contributed by atoms with E-state index in [0.29, 0.717) is 0 Å². The number of hydrogen-bond donors (Lipinski definition) is 0. The van der Waals surface area contributed by atoms with Gasteiger partial charge in [-0.25, -0.2) is 0 Å². The lowest BCUT2D eigenvalue weighted by molar-refractivity contribution is 0.386. The molecule has 1 atom stereocenters. The molecule has 0 bridgehead atoms. The van der Waals surface area contributed by atoms with Crippen molar-refractivity contribution in [2.45, 2.75) is 84.5 Å². The van der Waals surface area contributed by atoms with Crippen molar-refractivity contribution in [3.05, 3.63) is 12.7 Å². The van der Waals surface area contributed by atoms with Gasteiger partial charge in [-0.05, 0) is 18.8 Å². The molecule has 0 aliphatic carbocycles. The van der Waals surface area contributed by atoms with Gasteiger partial charge in [-0.15, -0.1) is 6.58 Å². The topological polar surface area (TPSA) is 0 Å². The summed E-state index contributed by atoms with van der Waals surface area (Å²) in [7, 11) is 0.